The molecular weight excluding hydrogens is 190 g/mol. The molecule has 0 atom stereocenters. The lowest BCUT2D eigenvalue weighted by molar-refractivity contribution is 0.319. The second-order valence-electron chi connectivity index (χ2n) is 3.25. The topological polar surface area (TPSA) is 41.8 Å². The van der Waals surface area contributed by atoms with Crippen LogP contribution in [0.25, 0.3) is 6.08 Å². The van der Waals surface area contributed by atoms with E-state index in [1.807, 2.05) is 37.3 Å². The van der Waals surface area contributed by atoms with Crippen LogP contribution < -0.4 is 4.74 Å². The number of para-hydroxylation sites is 1. The summed E-state index contributed by atoms with van der Waals surface area (Å²) in [6, 6.07) is 7.70. The van der Waals surface area contributed by atoms with Gasteiger partial charge in [-0.05, 0) is 31.6 Å². The van der Waals surface area contributed by atoms with E-state index in [9.17, 15) is 0 Å². The molecule has 0 radical (unpaired) electrons. The van der Waals surface area contributed by atoms with E-state index in [1.54, 1.807) is 14.0 Å². The summed E-state index contributed by atoms with van der Waals surface area (Å²) in [4.78, 5) is 0. The Labute approximate surface area is 89.7 Å². The summed E-state index contributed by atoms with van der Waals surface area (Å²) in [5.41, 5.74) is 2.48. The summed E-state index contributed by atoms with van der Waals surface area (Å²) in [6.07, 6.45) is 1.92. The lowest BCUT2D eigenvalue weighted by Crippen LogP contribution is -1.93. The molecule has 0 aliphatic heterocycles. The predicted molar refractivity (Wildman–Crippen MR) is 61.5 cm³/mol. The summed E-state index contributed by atoms with van der Waals surface area (Å²) in [6.45, 7) is 3.64. The lowest BCUT2D eigenvalue weighted by Gasteiger charge is -2.05. The molecule has 0 unspecified atom stereocenters. The van der Waals surface area contributed by atoms with Crippen LogP contribution in [0.5, 0.6) is 5.75 Å². The largest absolute Gasteiger partial charge is 0.496 e. The highest BCUT2D eigenvalue weighted by atomic mass is 16.5. The van der Waals surface area contributed by atoms with Gasteiger partial charge in [0.25, 0.3) is 0 Å². The average Bonchev–Trinajstić information content (AvgIpc) is 2.28. The number of hydrogen-bond acceptors (Lipinski definition) is 3. The van der Waals surface area contributed by atoms with Crippen LogP contribution in [0.4, 0.5) is 0 Å². The molecular formula is C12H15NO2. The molecule has 0 saturated heterocycles. The molecule has 80 valence electrons. The molecule has 0 spiro atoms. The van der Waals surface area contributed by atoms with Gasteiger partial charge >= 0.3 is 0 Å². The first-order chi connectivity index (χ1) is 7.19. The molecule has 1 aromatic carbocycles. The van der Waals surface area contributed by atoms with Crippen molar-refractivity contribution in [3.05, 3.63) is 35.4 Å². The summed E-state index contributed by atoms with van der Waals surface area (Å²) >= 11 is 0. The Bertz CT molecular complexity index is 394. The molecule has 1 rings (SSSR count). The van der Waals surface area contributed by atoms with Gasteiger partial charge in [0.15, 0.2) is 0 Å². The van der Waals surface area contributed by atoms with Crippen molar-refractivity contribution in [2.24, 2.45) is 5.16 Å². The molecule has 3 nitrogen and oxygen atoms in total. The maximum absolute atomic E-state index is 8.63. The van der Waals surface area contributed by atoms with E-state index in [-0.39, 0.29) is 0 Å². The smallest absolute Gasteiger partial charge is 0.126 e. The van der Waals surface area contributed by atoms with Gasteiger partial charge in [-0.2, -0.15) is 0 Å². The number of hydrogen-bond donors (Lipinski definition) is 1. The lowest BCUT2D eigenvalue weighted by atomic mass is 10.1. The van der Waals surface area contributed by atoms with Gasteiger partial charge in [-0.15, -0.1) is 0 Å². The van der Waals surface area contributed by atoms with Crippen LogP contribution in [0.3, 0.4) is 0 Å². The third kappa shape index (κ3) is 2.84. The van der Waals surface area contributed by atoms with Crippen molar-refractivity contribution in [1.29, 1.82) is 0 Å². The second-order valence-corrected chi connectivity index (χ2v) is 3.25. The van der Waals surface area contributed by atoms with Crippen molar-refractivity contribution >= 4 is 11.8 Å². The first kappa shape index (κ1) is 11.3. The Kier molecular flexibility index (Phi) is 3.92. The highest BCUT2D eigenvalue weighted by Crippen LogP contribution is 2.20. The highest BCUT2D eigenvalue weighted by molar-refractivity contribution is 6.01. The van der Waals surface area contributed by atoms with Crippen LogP contribution in [0.2, 0.25) is 0 Å². The molecule has 1 N–H and O–H groups in total. The molecule has 0 bridgehead atoms. The zero-order valence-electron chi connectivity index (χ0n) is 9.19. The van der Waals surface area contributed by atoms with Crippen molar-refractivity contribution < 1.29 is 9.94 Å². The first-order valence-electron chi connectivity index (χ1n) is 4.69. The van der Waals surface area contributed by atoms with E-state index in [2.05, 4.69) is 5.16 Å². The van der Waals surface area contributed by atoms with E-state index in [1.165, 1.54) is 0 Å². The monoisotopic (exact) mass is 205 g/mol. The molecule has 0 aromatic heterocycles. The van der Waals surface area contributed by atoms with Crippen LogP contribution in [0.1, 0.15) is 19.4 Å². The number of oxime groups is 1. The van der Waals surface area contributed by atoms with E-state index in [0.717, 1.165) is 16.9 Å². The normalized spacial score (nSPS) is 12.7. The molecule has 0 amide bonds. The number of nitrogens with zero attached hydrogens (tertiary/aromatic N) is 1. The summed E-state index contributed by atoms with van der Waals surface area (Å²) in [5, 5.41) is 11.8. The molecule has 15 heavy (non-hydrogen) atoms. The van der Waals surface area contributed by atoms with Gasteiger partial charge in [-0.1, -0.05) is 23.4 Å². The highest BCUT2D eigenvalue weighted by Gasteiger charge is 2.00. The first-order valence-corrected chi connectivity index (χ1v) is 4.69. The molecule has 0 aliphatic carbocycles. The van der Waals surface area contributed by atoms with Gasteiger partial charge in [0, 0.05) is 5.56 Å². The fourth-order valence-corrected chi connectivity index (χ4v) is 1.20. The van der Waals surface area contributed by atoms with Crippen molar-refractivity contribution in [3.8, 4) is 5.75 Å². The Morgan fingerprint density at radius 3 is 2.60 bits per heavy atom. The Morgan fingerprint density at radius 1 is 1.33 bits per heavy atom. The minimum atomic E-state index is 0.598. The Balaban J connectivity index is 3.07. The number of allylic oxidation sites excluding steroid dienone is 1. The molecule has 0 fully saturated rings. The van der Waals surface area contributed by atoms with Crippen LogP contribution in [-0.4, -0.2) is 18.0 Å². The minimum Gasteiger partial charge on any atom is -0.496 e. The standard InChI is InChI=1S/C12H15NO2/c1-9(10(2)13-14)8-11-6-4-5-7-12(11)15-3/h4-8,14H,1-3H3. The maximum Gasteiger partial charge on any atom is 0.126 e. The quantitative estimate of drug-likeness (QED) is 0.468. The molecule has 0 heterocycles. The van der Waals surface area contributed by atoms with Gasteiger partial charge in [0.05, 0.1) is 12.8 Å². The third-order valence-corrected chi connectivity index (χ3v) is 2.23. The zero-order valence-corrected chi connectivity index (χ0v) is 9.19. The average molecular weight is 205 g/mol. The van der Waals surface area contributed by atoms with Crippen LogP contribution in [0, 0.1) is 0 Å². The zero-order chi connectivity index (χ0) is 11.3. The van der Waals surface area contributed by atoms with Crippen molar-refractivity contribution in [3.63, 3.8) is 0 Å². The van der Waals surface area contributed by atoms with Gasteiger partial charge < -0.3 is 9.94 Å². The Hall–Kier alpha value is -1.77. The van der Waals surface area contributed by atoms with Crippen molar-refractivity contribution in [1.82, 2.24) is 0 Å². The summed E-state index contributed by atoms with van der Waals surface area (Å²) in [7, 11) is 1.63. The number of methoxy groups -OCH3 is 1. The van der Waals surface area contributed by atoms with E-state index < -0.39 is 0 Å². The van der Waals surface area contributed by atoms with Gasteiger partial charge in [0.1, 0.15) is 5.75 Å². The number of benzene rings is 1. The van der Waals surface area contributed by atoms with Crippen LogP contribution >= 0.6 is 0 Å². The van der Waals surface area contributed by atoms with E-state index in [4.69, 9.17) is 9.94 Å². The van der Waals surface area contributed by atoms with E-state index >= 15 is 0 Å². The molecule has 3 heteroatoms. The summed E-state index contributed by atoms with van der Waals surface area (Å²) < 4.78 is 5.21. The second kappa shape index (κ2) is 5.20. The number of ether oxygens (including phenoxy) is 1. The molecule has 1 aromatic rings. The van der Waals surface area contributed by atoms with Crippen molar-refractivity contribution in [2.75, 3.05) is 7.11 Å². The Morgan fingerprint density at radius 2 is 2.00 bits per heavy atom. The van der Waals surface area contributed by atoms with Gasteiger partial charge in [-0.25, -0.2) is 0 Å². The molecule has 0 aliphatic rings. The SMILES string of the molecule is COc1ccccc1C=C(C)C(C)=NO. The fraction of sp³-hybridized carbons (Fsp3) is 0.250. The number of rotatable bonds is 3. The minimum absolute atomic E-state index is 0.598. The van der Waals surface area contributed by atoms with E-state index in [0.29, 0.717) is 5.71 Å². The molecule has 0 saturated carbocycles. The van der Waals surface area contributed by atoms with Crippen LogP contribution in [-0.2, 0) is 0 Å². The fourth-order valence-electron chi connectivity index (χ4n) is 1.20. The third-order valence-electron chi connectivity index (χ3n) is 2.23. The summed E-state index contributed by atoms with van der Waals surface area (Å²) in [5.74, 6) is 0.808. The van der Waals surface area contributed by atoms with Crippen molar-refractivity contribution in [2.45, 2.75) is 13.8 Å². The van der Waals surface area contributed by atoms with Gasteiger partial charge in [0.2, 0.25) is 0 Å². The van der Waals surface area contributed by atoms with Crippen LogP contribution in [0.15, 0.2) is 35.0 Å². The van der Waals surface area contributed by atoms with Gasteiger partial charge in [-0.3, -0.25) is 0 Å². The predicted octanol–water partition coefficient (Wildman–Crippen LogP) is 2.95. The maximum atomic E-state index is 8.63.